The van der Waals surface area contributed by atoms with Gasteiger partial charge in [0.1, 0.15) is 5.82 Å². The smallest absolute Gasteiger partial charge is 0.255 e. The molecule has 3 rings (SSSR count). The molecule has 0 radical (unpaired) electrons. The van der Waals surface area contributed by atoms with E-state index in [0.29, 0.717) is 17.8 Å². The molecule has 3 N–H and O–H groups in total. The molecule has 2 heterocycles. The maximum absolute atomic E-state index is 12.2. The Morgan fingerprint density at radius 1 is 1.09 bits per heavy atom. The van der Waals surface area contributed by atoms with Crippen LogP contribution in [0.15, 0.2) is 42.6 Å². The largest absolute Gasteiger partial charge is 0.357 e. The number of piperidine rings is 1. The first kappa shape index (κ1) is 15.5. The molecule has 0 bridgehead atoms. The fourth-order valence-electron chi connectivity index (χ4n) is 2.77. The van der Waals surface area contributed by atoms with E-state index in [1.807, 2.05) is 24.3 Å². The molecule has 1 amide bonds. The van der Waals surface area contributed by atoms with Crippen LogP contribution in [0.4, 0.5) is 11.5 Å². The highest BCUT2D eigenvalue weighted by Gasteiger charge is 2.12. The summed E-state index contributed by atoms with van der Waals surface area (Å²) in [4.78, 5) is 19.0. The summed E-state index contributed by atoms with van der Waals surface area (Å²) < 4.78 is 0. The Balaban J connectivity index is 1.63. The van der Waals surface area contributed by atoms with Gasteiger partial charge in [-0.25, -0.2) is 4.98 Å². The second kappa shape index (κ2) is 7.24. The van der Waals surface area contributed by atoms with Crippen molar-refractivity contribution in [3.05, 3.63) is 53.7 Å². The summed E-state index contributed by atoms with van der Waals surface area (Å²) in [6.07, 6.45) is 5.46. The molecule has 0 aliphatic carbocycles. The van der Waals surface area contributed by atoms with Gasteiger partial charge in [0.15, 0.2) is 0 Å². The van der Waals surface area contributed by atoms with Crippen LogP contribution in [0.2, 0.25) is 0 Å². The fourth-order valence-corrected chi connectivity index (χ4v) is 2.77. The van der Waals surface area contributed by atoms with Crippen molar-refractivity contribution in [1.29, 1.82) is 0 Å². The topological polar surface area (TPSA) is 71.2 Å². The van der Waals surface area contributed by atoms with Crippen molar-refractivity contribution in [2.24, 2.45) is 5.73 Å². The Bertz CT molecular complexity index is 646. The van der Waals surface area contributed by atoms with Crippen LogP contribution in [-0.4, -0.2) is 24.0 Å². The van der Waals surface area contributed by atoms with Gasteiger partial charge in [0.25, 0.3) is 5.91 Å². The number of hydrogen-bond donors (Lipinski definition) is 2. The number of amides is 1. The SMILES string of the molecule is NCc1ccc(C(=O)Nc2ccc(N3CCCCC3)nc2)cc1. The van der Waals surface area contributed by atoms with E-state index in [4.69, 9.17) is 5.73 Å². The monoisotopic (exact) mass is 310 g/mol. The number of hydrogen-bond acceptors (Lipinski definition) is 4. The average molecular weight is 310 g/mol. The molecule has 5 heteroatoms. The lowest BCUT2D eigenvalue weighted by atomic mass is 10.1. The number of carbonyl (C=O) groups excluding carboxylic acids is 1. The van der Waals surface area contributed by atoms with Crippen LogP contribution in [0.5, 0.6) is 0 Å². The number of pyridine rings is 1. The molecule has 1 aliphatic heterocycles. The minimum atomic E-state index is -0.138. The quantitative estimate of drug-likeness (QED) is 0.911. The molecule has 2 aromatic rings. The normalized spacial score (nSPS) is 14.6. The number of nitrogens with one attached hydrogen (secondary N) is 1. The van der Waals surface area contributed by atoms with E-state index in [1.165, 1.54) is 19.3 Å². The van der Waals surface area contributed by atoms with Gasteiger partial charge in [-0.2, -0.15) is 0 Å². The van der Waals surface area contributed by atoms with Crippen LogP contribution in [0.1, 0.15) is 35.2 Å². The lowest BCUT2D eigenvalue weighted by molar-refractivity contribution is 0.102. The Hall–Kier alpha value is -2.40. The first-order chi connectivity index (χ1) is 11.3. The summed E-state index contributed by atoms with van der Waals surface area (Å²) in [5, 5.41) is 2.87. The van der Waals surface area contributed by atoms with E-state index in [-0.39, 0.29) is 5.91 Å². The van der Waals surface area contributed by atoms with Gasteiger partial charge in [-0.3, -0.25) is 4.79 Å². The standard InChI is InChI=1S/C18H22N4O/c19-12-14-4-6-15(7-5-14)18(23)21-16-8-9-17(20-13-16)22-10-2-1-3-11-22/h4-9,13H,1-3,10-12,19H2,(H,21,23). The molecule has 1 aromatic carbocycles. The third-order valence-electron chi connectivity index (χ3n) is 4.14. The van der Waals surface area contributed by atoms with E-state index in [2.05, 4.69) is 15.2 Å². The predicted octanol–water partition coefficient (Wildman–Crippen LogP) is 2.78. The van der Waals surface area contributed by atoms with Gasteiger partial charge in [0.2, 0.25) is 0 Å². The van der Waals surface area contributed by atoms with Crippen molar-refractivity contribution in [3.63, 3.8) is 0 Å². The third kappa shape index (κ3) is 3.87. The molecule has 120 valence electrons. The maximum Gasteiger partial charge on any atom is 0.255 e. The molecular formula is C18H22N4O. The lowest BCUT2D eigenvalue weighted by Gasteiger charge is -2.27. The van der Waals surface area contributed by atoms with Crippen LogP contribution in [0.3, 0.4) is 0 Å². The highest BCUT2D eigenvalue weighted by atomic mass is 16.1. The van der Waals surface area contributed by atoms with Crippen LogP contribution < -0.4 is 16.0 Å². The molecular weight excluding hydrogens is 288 g/mol. The Kier molecular flexibility index (Phi) is 4.88. The van der Waals surface area contributed by atoms with Crippen molar-refractivity contribution in [1.82, 2.24) is 4.98 Å². The number of aromatic nitrogens is 1. The van der Waals surface area contributed by atoms with E-state index in [1.54, 1.807) is 18.3 Å². The fraction of sp³-hybridized carbons (Fsp3) is 0.333. The van der Waals surface area contributed by atoms with Gasteiger partial charge < -0.3 is 16.0 Å². The van der Waals surface area contributed by atoms with Crippen molar-refractivity contribution in [3.8, 4) is 0 Å². The zero-order valence-electron chi connectivity index (χ0n) is 13.2. The number of benzene rings is 1. The van der Waals surface area contributed by atoms with Crippen LogP contribution in [-0.2, 0) is 6.54 Å². The first-order valence-electron chi connectivity index (χ1n) is 8.07. The predicted molar refractivity (Wildman–Crippen MR) is 92.6 cm³/mol. The second-order valence-corrected chi connectivity index (χ2v) is 5.81. The summed E-state index contributed by atoms with van der Waals surface area (Å²) in [6.45, 7) is 2.60. The van der Waals surface area contributed by atoms with Crippen LogP contribution in [0.25, 0.3) is 0 Å². The molecule has 1 aromatic heterocycles. The molecule has 1 fully saturated rings. The van der Waals surface area contributed by atoms with Crippen LogP contribution >= 0.6 is 0 Å². The molecule has 0 unspecified atom stereocenters. The molecule has 0 atom stereocenters. The molecule has 1 aliphatic rings. The zero-order valence-corrected chi connectivity index (χ0v) is 13.2. The number of nitrogens with two attached hydrogens (primary N) is 1. The van der Waals surface area contributed by atoms with E-state index in [9.17, 15) is 4.79 Å². The van der Waals surface area contributed by atoms with Crippen molar-refractivity contribution < 1.29 is 4.79 Å². The van der Waals surface area contributed by atoms with Gasteiger partial charge in [0.05, 0.1) is 11.9 Å². The van der Waals surface area contributed by atoms with E-state index >= 15 is 0 Å². The summed E-state index contributed by atoms with van der Waals surface area (Å²) in [5.41, 5.74) is 7.89. The summed E-state index contributed by atoms with van der Waals surface area (Å²) in [5.74, 6) is 0.844. The molecule has 1 saturated heterocycles. The van der Waals surface area contributed by atoms with Gasteiger partial charge in [-0.15, -0.1) is 0 Å². The number of rotatable bonds is 4. The summed E-state index contributed by atoms with van der Waals surface area (Å²) >= 11 is 0. The van der Waals surface area contributed by atoms with Gasteiger partial charge >= 0.3 is 0 Å². The van der Waals surface area contributed by atoms with Crippen LogP contribution in [0, 0.1) is 0 Å². The average Bonchev–Trinajstić information content (AvgIpc) is 2.63. The van der Waals surface area contributed by atoms with Crippen molar-refractivity contribution in [2.45, 2.75) is 25.8 Å². The molecule has 0 spiro atoms. The molecule has 23 heavy (non-hydrogen) atoms. The highest BCUT2D eigenvalue weighted by molar-refractivity contribution is 6.04. The third-order valence-corrected chi connectivity index (χ3v) is 4.14. The molecule has 0 saturated carbocycles. The van der Waals surface area contributed by atoms with Gasteiger partial charge in [-0.05, 0) is 49.1 Å². The van der Waals surface area contributed by atoms with E-state index in [0.717, 1.165) is 24.5 Å². The van der Waals surface area contributed by atoms with Gasteiger partial charge in [-0.1, -0.05) is 12.1 Å². The Morgan fingerprint density at radius 2 is 1.83 bits per heavy atom. The minimum Gasteiger partial charge on any atom is -0.357 e. The maximum atomic E-state index is 12.2. The highest BCUT2D eigenvalue weighted by Crippen LogP contribution is 2.19. The Morgan fingerprint density at radius 3 is 2.43 bits per heavy atom. The molecule has 5 nitrogen and oxygen atoms in total. The summed E-state index contributed by atoms with van der Waals surface area (Å²) in [7, 11) is 0. The summed E-state index contributed by atoms with van der Waals surface area (Å²) in [6, 6.07) is 11.2. The Labute approximate surface area is 136 Å². The van der Waals surface area contributed by atoms with E-state index < -0.39 is 0 Å². The minimum absolute atomic E-state index is 0.138. The number of anilines is 2. The van der Waals surface area contributed by atoms with Crippen molar-refractivity contribution in [2.75, 3.05) is 23.3 Å². The van der Waals surface area contributed by atoms with Gasteiger partial charge in [0, 0.05) is 25.2 Å². The zero-order chi connectivity index (χ0) is 16.1. The van der Waals surface area contributed by atoms with Crippen molar-refractivity contribution >= 4 is 17.4 Å². The lowest BCUT2D eigenvalue weighted by Crippen LogP contribution is -2.30. The number of nitrogens with zero attached hydrogens (tertiary/aromatic N) is 2. The first-order valence-corrected chi connectivity index (χ1v) is 8.07. The second-order valence-electron chi connectivity index (χ2n) is 5.81. The number of carbonyl (C=O) groups is 1.